The molecule has 0 radical (unpaired) electrons. The number of aromatic nitrogens is 1. The van der Waals surface area contributed by atoms with E-state index in [-0.39, 0.29) is 6.54 Å². The number of carbonyl (C=O) groups excluding carboxylic acids is 1. The van der Waals surface area contributed by atoms with Crippen molar-refractivity contribution in [2.75, 3.05) is 37.6 Å². The lowest BCUT2D eigenvalue weighted by atomic mass is 10.1. The van der Waals surface area contributed by atoms with Crippen molar-refractivity contribution in [1.29, 1.82) is 0 Å². The van der Waals surface area contributed by atoms with Gasteiger partial charge in [0.15, 0.2) is 12.4 Å². The first-order valence-electron chi connectivity index (χ1n) is 10.3. The zero-order chi connectivity index (χ0) is 24.4. The van der Waals surface area contributed by atoms with Crippen molar-refractivity contribution >= 4 is 29.8 Å². The second kappa shape index (κ2) is 12.0. The van der Waals surface area contributed by atoms with Crippen LogP contribution >= 0.6 is 0 Å². The third kappa shape index (κ3) is 8.93. The van der Waals surface area contributed by atoms with Crippen LogP contribution in [0.4, 0.5) is 18.9 Å². The zero-order valence-corrected chi connectivity index (χ0v) is 18.2. The average molecular weight is 465 g/mol. The third-order valence-corrected chi connectivity index (χ3v) is 4.97. The number of alkyl halides is 3. The molecule has 1 saturated heterocycles. The minimum Gasteiger partial charge on any atom is -0.542 e. The predicted molar refractivity (Wildman–Crippen MR) is 115 cm³/mol. The number of carboxylic acid groups (broad SMARTS) is 2. The van der Waals surface area contributed by atoms with Gasteiger partial charge in [0.1, 0.15) is 12.5 Å². The molecule has 1 aliphatic heterocycles. The van der Waals surface area contributed by atoms with Crippen LogP contribution in [0.2, 0.25) is 0 Å². The monoisotopic (exact) mass is 465 g/mol. The molecule has 7 nitrogen and oxygen atoms in total. The summed E-state index contributed by atoms with van der Waals surface area (Å²) in [6.07, 6.45) is 3.24. The Morgan fingerprint density at radius 2 is 1.48 bits per heavy atom. The summed E-state index contributed by atoms with van der Waals surface area (Å²) in [5, 5.41) is 17.7. The lowest BCUT2D eigenvalue weighted by Gasteiger charge is -2.35. The first kappa shape index (κ1) is 25.9. The Morgan fingerprint density at radius 3 is 1.91 bits per heavy atom. The van der Waals surface area contributed by atoms with Crippen molar-refractivity contribution in [3.63, 3.8) is 0 Å². The van der Waals surface area contributed by atoms with Crippen molar-refractivity contribution in [1.82, 2.24) is 4.90 Å². The SMILES string of the molecule is CC[n+]1ccc(/C=C/c2ccc(N3CCN(CC(=O)O)CC3)cc2)cc1.O=C([O-])C(F)(F)F. The number of rotatable bonds is 6. The Labute approximate surface area is 190 Å². The molecular formula is C23H26F3N3O4. The molecule has 2 aromatic rings. The number of hydrogen-bond acceptors (Lipinski definition) is 5. The number of piperazine rings is 1. The summed E-state index contributed by atoms with van der Waals surface area (Å²) in [5.41, 5.74) is 3.56. The number of carboxylic acids is 2. The molecule has 3 rings (SSSR count). The van der Waals surface area contributed by atoms with Gasteiger partial charge in [0.2, 0.25) is 0 Å². The van der Waals surface area contributed by atoms with Crippen LogP contribution in [0.5, 0.6) is 0 Å². The Morgan fingerprint density at radius 1 is 1.00 bits per heavy atom. The number of hydrogen-bond donors (Lipinski definition) is 1. The highest BCUT2D eigenvalue weighted by atomic mass is 19.4. The van der Waals surface area contributed by atoms with Gasteiger partial charge in [0, 0.05) is 44.0 Å². The van der Waals surface area contributed by atoms with Crippen LogP contribution in [0.1, 0.15) is 18.1 Å². The minimum atomic E-state index is -5.19. The molecule has 178 valence electrons. The minimum absolute atomic E-state index is 0.134. The fourth-order valence-electron chi connectivity index (χ4n) is 3.13. The van der Waals surface area contributed by atoms with E-state index < -0.39 is 18.1 Å². The van der Waals surface area contributed by atoms with Crippen molar-refractivity contribution in [2.24, 2.45) is 0 Å². The fraction of sp³-hybridized carbons (Fsp3) is 0.348. The molecule has 0 amide bonds. The molecule has 0 atom stereocenters. The van der Waals surface area contributed by atoms with Crippen LogP contribution in [0.25, 0.3) is 12.2 Å². The summed E-state index contributed by atoms with van der Waals surface area (Å²) in [4.78, 5) is 23.9. The van der Waals surface area contributed by atoms with Crippen molar-refractivity contribution < 1.29 is 37.5 Å². The van der Waals surface area contributed by atoms with Gasteiger partial charge in [-0.25, -0.2) is 4.57 Å². The van der Waals surface area contributed by atoms with E-state index in [2.05, 4.69) is 77.3 Å². The maximum atomic E-state index is 10.8. The van der Waals surface area contributed by atoms with Gasteiger partial charge in [-0.05, 0) is 30.2 Å². The number of anilines is 1. The standard InChI is InChI=1S/C21H25N3O2.C2HF3O2/c1-2-22-11-9-19(10-12-22)4-3-18-5-7-20(8-6-18)24-15-13-23(14-16-24)17-21(25)26;3-2(4,5)1(6)7/h3-12H,2,13-17H2,1H3;(H,6,7). The molecule has 10 heteroatoms. The zero-order valence-electron chi connectivity index (χ0n) is 18.2. The van der Waals surface area contributed by atoms with E-state index in [1.807, 2.05) is 4.90 Å². The van der Waals surface area contributed by atoms with E-state index in [9.17, 15) is 18.0 Å². The van der Waals surface area contributed by atoms with Gasteiger partial charge in [0.25, 0.3) is 0 Å². The van der Waals surface area contributed by atoms with Crippen molar-refractivity contribution in [3.8, 4) is 0 Å². The third-order valence-electron chi connectivity index (χ3n) is 4.97. The van der Waals surface area contributed by atoms with Crippen LogP contribution < -0.4 is 14.6 Å². The molecule has 1 fully saturated rings. The topological polar surface area (TPSA) is 87.8 Å². The normalized spacial score (nSPS) is 14.6. The smallest absolute Gasteiger partial charge is 0.430 e. The molecule has 1 aromatic carbocycles. The molecule has 0 bridgehead atoms. The Balaban J connectivity index is 0.000000479. The van der Waals surface area contributed by atoms with Gasteiger partial charge in [-0.2, -0.15) is 13.2 Å². The number of halogens is 3. The quantitative estimate of drug-likeness (QED) is 0.654. The van der Waals surface area contributed by atoms with E-state index in [0.29, 0.717) is 0 Å². The molecule has 1 aliphatic rings. The first-order chi connectivity index (χ1) is 15.6. The molecule has 2 heterocycles. The largest absolute Gasteiger partial charge is 0.542 e. The first-order valence-corrected chi connectivity index (χ1v) is 10.3. The molecule has 0 unspecified atom stereocenters. The summed E-state index contributed by atoms with van der Waals surface area (Å²) in [7, 11) is 0. The molecular weight excluding hydrogens is 439 g/mol. The fourth-order valence-corrected chi connectivity index (χ4v) is 3.13. The highest BCUT2D eigenvalue weighted by Crippen LogP contribution is 2.18. The number of aryl methyl sites for hydroxylation is 1. The average Bonchev–Trinajstić information content (AvgIpc) is 2.78. The Bertz CT molecular complexity index is 937. The van der Waals surface area contributed by atoms with Crippen molar-refractivity contribution in [3.05, 3.63) is 59.9 Å². The van der Waals surface area contributed by atoms with E-state index in [4.69, 9.17) is 15.0 Å². The number of carbonyl (C=O) groups is 2. The number of nitrogens with zero attached hydrogens (tertiary/aromatic N) is 3. The Kier molecular flexibility index (Phi) is 9.41. The van der Waals surface area contributed by atoms with Crippen LogP contribution in [-0.4, -0.2) is 60.8 Å². The summed E-state index contributed by atoms with van der Waals surface area (Å²) >= 11 is 0. The second-order valence-electron chi connectivity index (χ2n) is 7.33. The maximum Gasteiger partial charge on any atom is 0.430 e. The molecule has 1 N–H and O–H groups in total. The van der Waals surface area contributed by atoms with Crippen LogP contribution in [0.15, 0.2) is 48.8 Å². The summed E-state index contributed by atoms with van der Waals surface area (Å²) in [5.74, 6) is -3.76. The molecule has 33 heavy (non-hydrogen) atoms. The van der Waals surface area contributed by atoms with E-state index in [0.717, 1.165) is 32.7 Å². The van der Waals surface area contributed by atoms with E-state index in [1.54, 1.807) is 0 Å². The molecule has 0 saturated carbocycles. The lowest BCUT2D eigenvalue weighted by molar-refractivity contribution is -0.693. The number of pyridine rings is 1. The van der Waals surface area contributed by atoms with Crippen LogP contribution in [0, 0.1) is 0 Å². The van der Waals surface area contributed by atoms with Crippen molar-refractivity contribution in [2.45, 2.75) is 19.6 Å². The van der Waals surface area contributed by atoms with Gasteiger partial charge in [-0.1, -0.05) is 24.3 Å². The lowest BCUT2D eigenvalue weighted by Crippen LogP contribution is -2.47. The van der Waals surface area contributed by atoms with E-state index >= 15 is 0 Å². The molecule has 0 spiro atoms. The highest BCUT2D eigenvalue weighted by molar-refractivity contribution is 5.71. The van der Waals surface area contributed by atoms with E-state index in [1.165, 1.54) is 16.8 Å². The highest BCUT2D eigenvalue weighted by Gasteiger charge is 2.28. The van der Waals surface area contributed by atoms with Gasteiger partial charge in [0.05, 0.1) is 6.54 Å². The van der Waals surface area contributed by atoms with Gasteiger partial charge < -0.3 is 19.9 Å². The van der Waals surface area contributed by atoms with Crippen LogP contribution in [0.3, 0.4) is 0 Å². The molecule has 0 aliphatic carbocycles. The predicted octanol–water partition coefficient (Wildman–Crippen LogP) is 1.67. The summed E-state index contributed by atoms with van der Waals surface area (Å²) in [6.45, 7) is 6.56. The number of aliphatic carboxylic acids is 2. The van der Waals surface area contributed by atoms with Crippen LogP contribution in [-0.2, 0) is 16.1 Å². The molecule has 1 aromatic heterocycles. The van der Waals surface area contributed by atoms with Gasteiger partial charge in [-0.3, -0.25) is 9.69 Å². The summed E-state index contributed by atoms with van der Waals surface area (Å²) < 4.78 is 33.7. The van der Waals surface area contributed by atoms with Gasteiger partial charge >= 0.3 is 12.1 Å². The number of benzene rings is 1. The Hall–Kier alpha value is -3.40. The summed E-state index contributed by atoms with van der Waals surface area (Å²) in [6, 6.07) is 12.8. The maximum absolute atomic E-state index is 10.8. The second-order valence-corrected chi connectivity index (χ2v) is 7.33. The van der Waals surface area contributed by atoms with Gasteiger partial charge in [-0.15, -0.1) is 0 Å².